The van der Waals surface area contributed by atoms with Crippen LogP contribution < -0.4 is 5.32 Å². The molecule has 0 saturated heterocycles. The second-order valence-electron chi connectivity index (χ2n) is 2.90. The number of ether oxygens (including phenoxy) is 1. The van der Waals surface area contributed by atoms with Gasteiger partial charge in [-0.05, 0) is 47.2 Å². The third-order valence-electron chi connectivity index (χ3n) is 1.77. The van der Waals surface area contributed by atoms with E-state index in [9.17, 15) is 0 Å². The molecule has 0 unspecified atom stereocenters. The van der Waals surface area contributed by atoms with Gasteiger partial charge >= 0.3 is 0 Å². The fourth-order valence-electron chi connectivity index (χ4n) is 1.07. The van der Waals surface area contributed by atoms with E-state index in [1.54, 1.807) is 7.11 Å². The van der Waals surface area contributed by atoms with Crippen molar-refractivity contribution in [2.75, 3.05) is 25.6 Å². The fraction of sp³-hybridized carbons (Fsp3) is 0.400. The van der Waals surface area contributed by atoms with Crippen molar-refractivity contribution in [2.24, 2.45) is 0 Å². The zero-order valence-corrected chi connectivity index (χ0v) is 10.9. The minimum Gasteiger partial charge on any atom is -0.385 e. The van der Waals surface area contributed by atoms with Gasteiger partial charge < -0.3 is 10.1 Å². The molecular weight excluding hydrogens is 312 g/mol. The Kier molecular flexibility index (Phi) is 5.59. The molecular formula is C10H13ClINO. The van der Waals surface area contributed by atoms with E-state index in [1.807, 2.05) is 18.2 Å². The van der Waals surface area contributed by atoms with Gasteiger partial charge in [0.05, 0.1) is 0 Å². The summed E-state index contributed by atoms with van der Waals surface area (Å²) in [6, 6.07) is 5.83. The average molecular weight is 326 g/mol. The summed E-state index contributed by atoms with van der Waals surface area (Å²) in [5, 5.41) is 4.10. The molecule has 0 aliphatic carbocycles. The van der Waals surface area contributed by atoms with Crippen molar-refractivity contribution >= 4 is 39.9 Å². The number of nitrogens with one attached hydrogen (secondary N) is 1. The Morgan fingerprint density at radius 2 is 2.29 bits per heavy atom. The highest BCUT2D eigenvalue weighted by Gasteiger charge is 1.98. The van der Waals surface area contributed by atoms with Crippen molar-refractivity contribution in [2.45, 2.75) is 6.42 Å². The lowest BCUT2D eigenvalue weighted by molar-refractivity contribution is 0.198. The molecule has 0 aromatic heterocycles. The van der Waals surface area contributed by atoms with Crippen molar-refractivity contribution in [3.05, 3.63) is 26.8 Å². The molecule has 1 aromatic carbocycles. The lowest BCUT2D eigenvalue weighted by Crippen LogP contribution is -2.05. The summed E-state index contributed by atoms with van der Waals surface area (Å²) in [7, 11) is 1.71. The Labute approximate surface area is 103 Å². The fourth-order valence-corrected chi connectivity index (χ4v) is 2.13. The third kappa shape index (κ3) is 4.02. The maximum absolute atomic E-state index is 5.85. The molecule has 0 spiro atoms. The van der Waals surface area contributed by atoms with Gasteiger partial charge in [-0.25, -0.2) is 0 Å². The van der Waals surface area contributed by atoms with Crippen LogP contribution in [0.5, 0.6) is 0 Å². The normalized spacial score (nSPS) is 10.2. The molecule has 0 amide bonds. The predicted octanol–water partition coefficient (Wildman–Crippen LogP) is 3.39. The molecule has 0 atom stereocenters. The highest BCUT2D eigenvalue weighted by atomic mass is 127. The summed E-state index contributed by atoms with van der Waals surface area (Å²) in [6.07, 6.45) is 1.01. The summed E-state index contributed by atoms with van der Waals surface area (Å²) in [4.78, 5) is 0. The van der Waals surface area contributed by atoms with E-state index in [1.165, 1.54) is 0 Å². The first-order chi connectivity index (χ1) is 6.74. The van der Waals surface area contributed by atoms with Crippen LogP contribution in [0.2, 0.25) is 5.02 Å². The Bertz CT molecular complexity index is 293. The van der Waals surface area contributed by atoms with Gasteiger partial charge in [0.1, 0.15) is 0 Å². The van der Waals surface area contributed by atoms with Crippen LogP contribution in [-0.4, -0.2) is 20.3 Å². The minimum atomic E-state index is 0.775. The molecule has 0 saturated carbocycles. The number of rotatable bonds is 5. The first-order valence-corrected chi connectivity index (χ1v) is 5.87. The maximum atomic E-state index is 5.85. The first kappa shape index (κ1) is 12.1. The monoisotopic (exact) mass is 325 g/mol. The van der Waals surface area contributed by atoms with Gasteiger partial charge in [0, 0.05) is 34.5 Å². The van der Waals surface area contributed by atoms with E-state index in [-0.39, 0.29) is 0 Å². The van der Waals surface area contributed by atoms with E-state index in [2.05, 4.69) is 27.9 Å². The Morgan fingerprint density at radius 1 is 1.50 bits per heavy atom. The molecule has 78 valence electrons. The van der Waals surface area contributed by atoms with Crippen LogP contribution in [0.1, 0.15) is 6.42 Å². The summed E-state index contributed by atoms with van der Waals surface area (Å²) in [5.74, 6) is 0. The lowest BCUT2D eigenvalue weighted by atomic mass is 10.3. The molecule has 0 radical (unpaired) electrons. The SMILES string of the molecule is COCCCNc1ccc(Cl)cc1I. The van der Waals surface area contributed by atoms with Crippen molar-refractivity contribution in [3.8, 4) is 0 Å². The number of anilines is 1. The van der Waals surface area contributed by atoms with Gasteiger partial charge in [0.25, 0.3) is 0 Å². The standard InChI is InChI=1S/C10H13ClINO/c1-14-6-2-5-13-10-4-3-8(11)7-9(10)12/h3-4,7,13H,2,5-6H2,1H3. The van der Waals surface area contributed by atoms with Crippen LogP contribution >= 0.6 is 34.2 Å². The predicted molar refractivity (Wildman–Crippen MR) is 69.2 cm³/mol. The molecule has 2 nitrogen and oxygen atoms in total. The van der Waals surface area contributed by atoms with Gasteiger partial charge in [-0.1, -0.05) is 11.6 Å². The maximum Gasteiger partial charge on any atom is 0.0479 e. The summed E-state index contributed by atoms with van der Waals surface area (Å²) >= 11 is 8.12. The number of benzene rings is 1. The van der Waals surface area contributed by atoms with Gasteiger partial charge in [-0.3, -0.25) is 0 Å². The topological polar surface area (TPSA) is 21.3 Å². The van der Waals surface area contributed by atoms with E-state index in [4.69, 9.17) is 16.3 Å². The summed E-state index contributed by atoms with van der Waals surface area (Å²) in [6.45, 7) is 1.71. The van der Waals surface area contributed by atoms with Crippen LogP contribution in [-0.2, 0) is 4.74 Å². The van der Waals surface area contributed by atoms with Crippen molar-refractivity contribution in [3.63, 3.8) is 0 Å². The third-order valence-corrected chi connectivity index (χ3v) is 2.90. The number of hydrogen-bond donors (Lipinski definition) is 1. The number of halogens is 2. The van der Waals surface area contributed by atoms with Crippen LogP contribution in [0.25, 0.3) is 0 Å². The van der Waals surface area contributed by atoms with Crippen molar-refractivity contribution < 1.29 is 4.74 Å². The molecule has 1 aromatic rings. The smallest absolute Gasteiger partial charge is 0.0479 e. The Morgan fingerprint density at radius 3 is 2.93 bits per heavy atom. The second kappa shape index (κ2) is 6.48. The molecule has 14 heavy (non-hydrogen) atoms. The van der Waals surface area contributed by atoms with Crippen molar-refractivity contribution in [1.82, 2.24) is 0 Å². The number of methoxy groups -OCH3 is 1. The summed E-state index contributed by atoms with van der Waals surface area (Å²) < 4.78 is 6.11. The molecule has 0 aliphatic rings. The Hall–Kier alpha value is -0.000000000000000111. The molecule has 4 heteroatoms. The van der Waals surface area contributed by atoms with E-state index in [0.717, 1.165) is 33.9 Å². The lowest BCUT2D eigenvalue weighted by Gasteiger charge is -2.08. The molecule has 0 bridgehead atoms. The molecule has 1 rings (SSSR count). The first-order valence-electron chi connectivity index (χ1n) is 4.42. The highest BCUT2D eigenvalue weighted by Crippen LogP contribution is 2.21. The van der Waals surface area contributed by atoms with Crippen LogP contribution in [0.4, 0.5) is 5.69 Å². The zero-order chi connectivity index (χ0) is 10.4. The average Bonchev–Trinajstić information content (AvgIpc) is 2.15. The molecule has 1 N–H and O–H groups in total. The molecule has 0 aliphatic heterocycles. The van der Waals surface area contributed by atoms with Crippen molar-refractivity contribution in [1.29, 1.82) is 0 Å². The largest absolute Gasteiger partial charge is 0.385 e. The van der Waals surface area contributed by atoms with E-state index >= 15 is 0 Å². The molecule has 0 fully saturated rings. The van der Waals surface area contributed by atoms with Gasteiger partial charge in [-0.15, -0.1) is 0 Å². The minimum absolute atomic E-state index is 0.775. The summed E-state index contributed by atoms with van der Waals surface area (Å²) in [5.41, 5.74) is 1.13. The van der Waals surface area contributed by atoms with Crippen LogP contribution in [0.3, 0.4) is 0 Å². The van der Waals surface area contributed by atoms with Crippen LogP contribution in [0.15, 0.2) is 18.2 Å². The van der Waals surface area contributed by atoms with E-state index < -0.39 is 0 Å². The molecule has 0 heterocycles. The second-order valence-corrected chi connectivity index (χ2v) is 4.50. The quantitative estimate of drug-likeness (QED) is 0.662. The highest BCUT2D eigenvalue weighted by molar-refractivity contribution is 14.1. The van der Waals surface area contributed by atoms with Gasteiger partial charge in [0.2, 0.25) is 0 Å². The van der Waals surface area contributed by atoms with Crippen LogP contribution in [0, 0.1) is 3.57 Å². The zero-order valence-electron chi connectivity index (χ0n) is 8.02. The van der Waals surface area contributed by atoms with Gasteiger partial charge in [0.15, 0.2) is 0 Å². The Balaban J connectivity index is 2.42. The van der Waals surface area contributed by atoms with Gasteiger partial charge in [-0.2, -0.15) is 0 Å². The van der Waals surface area contributed by atoms with E-state index in [0.29, 0.717) is 0 Å². The number of hydrogen-bond acceptors (Lipinski definition) is 2.